The van der Waals surface area contributed by atoms with E-state index in [1.54, 1.807) is 44.2 Å². The summed E-state index contributed by atoms with van der Waals surface area (Å²) < 4.78 is 29.1. The Morgan fingerprint density at radius 1 is 1.14 bits per heavy atom. The van der Waals surface area contributed by atoms with Crippen LogP contribution in [0.25, 0.3) is 0 Å². The number of anilines is 2. The maximum Gasteiger partial charge on any atom is 0.265 e. The van der Waals surface area contributed by atoms with Crippen LogP contribution in [0, 0.1) is 19.8 Å². The molecule has 2 N–H and O–H groups in total. The number of likely N-dealkylation sites (tertiary alicyclic amines) is 1. The Morgan fingerprint density at radius 2 is 1.83 bits per heavy atom. The van der Waals surface area contributed by atoms with Crippen molar-refractivity contribution in [3.05, 3.63) is 52.5 Å². The molecule has 0 spiro atoms. The number of piperidine rings is 1. The summed E-state index contributed by atoms with van der Waals surface area (Å²) in [5, 5.41) is 6.13. The first kappa shape index (κ1) is 26.4. The Hall–Kier alpha value is -2.62. The monoisotopic (exact) mass is 532 g/mol. The molecular formula is C26H33ClN4O4S. The topological polar surface area (TPSA) is 98.8 Å². The number of rotatable bonds is 7. The lowest BCUT2D eigenvalue weighted by Gasteiger charge is -2.37. The molecule has 4 rings (SSSR count). The zero-order valence-electron chi connectivity index (χ0n) is 20.9. The van der Waals surface area contributed by atoms with Crippen molar-refractivity contribution in [3.8, 4) is 0 Å². The average molecular weight is 533 g/mol. The number of carbonyl (C=O) groups excluding carboxylic acids is 2. The minimum Gasteiger partial charge on any atom is -0.356 e. The predicted octanol–water partition coefficient (Wildman–Crippen LogP) is 3.71. The molecule has 2 amide bonds. The molecule has 2 heterocycles. The highest BCUT2D eigenvalue weighted by atomic mass is 35.5. The van der Waals surface area contributed by atoms with Crippen molar-refractivity contribution in [2.24, 2.45) is 5.92 Å². The summed E-state index contributed by atoms with van der Waals surface area (Å²) in [6, 6.07) is 8.60. The van der Waals surface area contributed by atoms with Crippen LogP contribution in [0.3, 0.4) is 0 Å². The summed E-state index contributed by atoms with van der Waals surface area (Å²) in [7, 11) is -2.08. The van der Waals surface area contributed by atoms with Gasteiger partial charge < -0.3 is 15.5 Å². The minimum atomic E-state index is -4.19. The Bertz CT molecular complexity index is 1260. The molecule has 2 aromatic rings. The number of halogens is 1. The van der Waals surface area contributed by atoms with E-state index < -0.39 is 22.0 Å². The van der Waals surface area contributed by atoms with Gasteiger partial charge in [0.1, 0.15) is 6.04 Å². The maximum atomic E-state index is 14.0. The first-order chi connectivity index (χ1) is 17.1. The zero-order chi connectivity index (χ0) is 26.0. The van der Waals surface area contributed by atoms with Crippen molar-refractivity contribution in [2.75, 3.05) is 36.3 Å². The summed E-state index contributed by atoms with van der Waals surface area (Å²) in [6.45, 7) is 6.00. The van der Waals surface area contributed by atoms with Crippen molar-refractivity contribution < 1.29 is 18.0 Å². The first-order valence-electron chi connectivity index (χ1n) is 12.2. The predicted molar refractivity (Wildman–Crippen MR) is 142 cm³/mol. The molecular weight excluding hydrogens is 500 g/mol. The van der Waals surface area contributed by atoms with E-state index in [0.29, 0.717) is 40.0 Å². The van der Waals surface area contributed by atoms with E-state index in [2.05, 4.69) is 22.6 Å². The smallest absolute Gasteiger partial charge is 0.265 e. The third-order valence-electron chi connectivity index (χ3n) is 7.07. The molecule has 0 bridgehead atoms. The number of fused-ring (bicyclic) bond motifs is 1. The van der Waals surface area contributed by atoms with Crippen LogP contribution in [0.4, 0.5) is 11.4 Å². The Kier molecular flexibility index (Phi) is 7.92. The highest BCUT2D eigenvalue weighted by Gasteiger charge is 2.42. The Labute approximate surface area is 218 Å². The molecule has 10 heteroatoms. The van der Waals surface area contributed by atoms with Crippen LogP contribution in [-0.2, 0) is 19.6 Å². The van der Waals surface area contributed by atoms with Gasteiger partial charge in [0.15, 0.2) is 0 Å². The average Bonchev–Trinajstić information content (AvgIpc) is 2.83. The van der Waals surface area contributed by atoms with Gasteiger partial charge in [0, 0.05) is 11.6 Å². The summed E-state index contributed by atoms with van der Waals surface area (Å²) in [4.78, 5) is 28.4. The molecule has 0 radical (unpaired) electrons. The lowest BCUT2D eigenvalue weighted by molar-refractivity contribution is -0.125. The fourth-order valence-electron chi connectivity index (χ4n) is 4.89. The molecule has 2 aliphatic rings. The lowest BCUT2D eigenvalue weighted by Crippen LogP contribution is -2.53. The van der Waals surface area contributed by atoms with E-state index in [9.17, 15) is 18.0 Å². The van der Waals surface area contributed by atoms with Gasteiger partial charge in [-0.1, -0.05) is 23.7 Å². The highest BCUT2D eigenvalue weighted by Crippen LogP contribution is 2.38. The van der Waals surface area contributed by atoms with Crippen molar-refractivity contribution in [1.29, 1.82) is 0 Å². The van der Waals surface area contributed by atoms with E-state index >= 15 is 0 Å². The van der Waals surface area contributed by atoms with Crippen LogP contribution < -0.4 is 14.9 Å². The molecule has 2 aromatic carbocycles. The van der Waals surface area contributed by atoms with Gasteiger partial charge >= 0.3 is 0 Å². The van der Waals surface area contributed by atoms with E-state index in [4.69, 9.17) is 11.6 Å². The number of benzene rings is 2. The van der Waals surface area contributed by atoms with Gasteiger partial charge in [0.2, 0.25) is 11.8 Å². The largest absolute Gasteiger partial charge is 0.356 e. The van der Waals surface area contributed by atoms with Crippen LogP contribution in [-0.4, -0.2) is 57.9 Å². The number of hydrogen-bond acceptors (Lipinski definition) is 5. The minimum absolute atomic E-state index is 0.0570. The fraction of sp³-hybridized carbons (Fsp3) is 0.462. The lowest BCUT2D eigenvalue weighted by atomic mass is 9.94. The fourth-order valence-corrected chi connectivity index (χ4v) is 7.03. The second-order valence-electron chi connectivity index (χ2n) is 9.78. The third kappa shape index (κ3) is 5.53. The van der Waals surface area contributed by atoms with Gasteiger partial charge in [-0.05, 0) is 94.6 Å². The Balaban J connectivity index is 1.58. The number of carbonyl (C=O) groups is 2. The highest BCUT2D eigenvalue weighted by molar-refractivity contribution is 7.93. The molecule has 0 aromatic heterocycles. The van der Waals surface area contributed by atoms with Crippen molar-refractivity contribution in [3.63, 3.8) is 0 Å². The molecule has 1 fully saturated rings. The van der Waals surface area contributed by atoms with E-state index in [0.717, 1.165) is 36.7 Å². The van der Waals surface area contributed by atoms with Gasteiger partial charge in [0.25, 0.3) is 10.0 Å². The molecule has 0 aliphatic carbocycles. The van der Waals surface area contributed by atoms with Crippen LogP contribution >= 0.6 is 11.6 Å². The molecule has 1 atom stereocenters. The van der Waals surface area contributed by atoms with E-state index in [-0.39, 0.29) is 17.2 Å². The molecule has 36 heavy (non-hydrogen) atoms. The summed E-state index contributed by atoms with van der Waals surface area (Å²) >= 11 is 6.21. The van der Waals surface area contributed by atoms with Crippen molar-refractivity contribution in [2.45, 2.75) is 50.5 Å². The number of sulfonamides is 1. The quantitative estimate of drug-likeness (QED) is 0.566. The molecule has 1 saturated heterocycles. The molecule has 194 valence electrons. The van der Waals surface area contributed by atoms with Crippen LogP contribution in [0.1, 0.15) is 36.8 Å². The van der Waals surface area contributed by atoms with Crippen LogP contribution in [0.2, 0.25) is 5.02 Å². The van der Waals surface area contributed by atoms with E-state index in [1.165, 1.54) is 6.07 Å². The second-order valence-corrected chi connectivity index (χ2v) is 12.0. The number of amides is 2. The number of nitrogens with zero attached hydrogens (tertiary/aromatic N) is 2. The molecule has 8 nitrogen and oxygen atoms in total. The molecule has 2 aliphatic heterocycles. The molecule has 0 saturated carbocycles. The third-order valence-corrected chi connectivity index (χ3v) is 9.44. The van der Waals surface area contributed by atoms with E-state index in [1.807, 2.05) is 0 Å². The second kappa shape index (κ2) is 10.8. The van der Waals surface area contributed by atoms with Crippen LogP contribution in [0.15, 0.2) is 41.3 Å². The van der Waals surface area contributed by atoms with Crippen LogP contribution in [0.5, 0.6) is 0 Å². The summed E-state index contributed by atoms with van der Waals surface area (Å²) in [5.41, 5.74) is 1.79. The van der Waals surface area contributed by atoms with Gasteiger partial charge in [-0.15, -0.1) is 0 Å². The summed E-state index contributed by atoms with van der Waals surface area (Å²) in [5.74, 6) is -0.336. The van der Waals surface area contributed by atoms with Crippen molar-refractivity contribution in [1.82, 2.24) is 10.2 Å². The van der Waals surface area contributed by atoms with Crippen molar-refractivity contribution >= 4 is 44.8 Å². The first-order valence-corrected chi connectivity index (χ1v) is 14.1. The zero-order valence-corrected chi connectivity index (χ0v) is 22.5. The number of hydrogen-bond donors (Lipinski definition) is 2. The normalized spacial score (nSPS) is 19.1. The molecule has 0 unspecified atom stereocenters. The number of para-hydroxylation sites is 2. The number of nitrogens with one attached hydrogen (secondary N) is 2. The van der Waals surface area contributed by atoms with Gasteiger partial charge in [-0.3, -0.25) is 13.9 Å². The van der Waals surface area contributed by atoms with Gasteiger partial charge in [-0.25, -0.2) is 8.42 Å². The summed E-state index contributed by atoms with van der Waals surface area (Å²) in [6.07, 6.45) is 2.78. The Morgan fingerprint density at radius 3 is 2.56 bits per heavy atom. The SMILES string of the molecule is Cc1cc(S(=O)(=O)N2c3ccccc3NC(=O)[C@@H]2CC(=O)NCCC2CCN(C)CC2)c(C)cc1Cl. The standard InChI is InChI=1S/C26H33ClN4O4S/c1-17-15-24(18(2)14-20(17)27)36(34,35)31-22-7-5-4-6-21(22)29-26(33)23(31)16-25(32)28-11-8-19-9-12-30(3)13-10-19/h4-7,14-15,19,23H,8-13,16H2,1-3H3,(H,28,32)(H,29,33)/t23-/m0/s1. The number of aryl methyl sites for hydroxylation is 2. The van der Waals surface area contributed by atoms with Gasteiger partial charge in [-0.2, -0.15) is 0 Å². The maximum absolute atomic E-state index is 14.0. The van der Waals surface area contributed by atoms with Gasteiger partial charge in [0.05, 0.1) is 22.7 Å².